The number of ether oxygens (including phenoxy) is 2. The summed E-state index contributed by atoms with van der Waals surface area (Å²) in [5.41, 5.74) is 0. The highest BCUT2D eigenvalue weighted by atomic mass is 32.2. The van der Waals surface area contributed by atoms with Crippen LogP contribution in [0.2, 0.25) is 0 Å². The molecule has 0 aromatic heterocycles. The van der Waals surface area contributed by atoms with Gasteiger partial charge in [0, 0.05) is 0 Å². The van der Waals surface area contributed by atoms with Crippen LogP contribution >= 0.6 is 47.0 Å². The van der Waals surface area contributed by atoms with Gasteiger partial charge in [-0.3, -0.25) is 0 Å². The number of halogens is 6. The standard InChI is InChI=1S/C22H16F6O2S4/c1-5-31-19-11(23)13(25)21(33-7-3)17(15(19)27)29-9-10-30-18-16(28)20(32-6-2)12(24)14(26)22(18)34-8-4/h5-8H,1-4,9-10H2. The Morgan fingerprint density at radius 3 is 1.03 bits per heavy atom. The molecule has 0 saturated heterocycles. The molecule has 0 heterocycles. The van der Waals surface area contributed by atoms with Crippen molar-refractivity contribution in [2.75, 3.05) is 13.2 Å². The SMILES string of the molecule is C=CSc1c(F)c(F)c(SC=C)c(OCCOc2c(F)c(SC=C)c(F)c(F)c2SC=C)c1F. The monoisotopic (exact) mass is 554 g/mol. The predicted molar refractivity (Wildman–Crippen MR) is 128 cm³/mol. The molecule has 2 rings (SSSR count). The summed E-state index contributed by atoms with van der Waals surface area (Å²) in [6, 6.07) is 0. The van der Waals surface area contributed by atoms with Gasteiger partial charge in [-0.2, -0.15) is 0 Å². The Balaban J connectivity index is 2.35. The van der Waals surface area contributed by atoms with Crippen LogP contribution in [-0.2, 0) is 0 Å². The van der Waals surface area contributed by atoms with E-state index < -0.39 is 79.2 Å². The van der Waals surface area contributed by atoms with Crippen LogP contribution in [0.5, 0.6) is 11.5 Å². The fourth-order valence-electron chi connectivity index (χ4n) is 2.49. The highest BCUT2D eigenvalue weighted by molar-refractivity contribution is 8.03. The van der Waals surface area contributed by atoms with E-state index in [0.717, 1.165) is 21.6 Å². The number of rotatable bonds is 13. The van der Waals surface area contributed by atoms with Gasteiger partial charge in [0.15, 0.2) is 46.4 Å². The van der Waals surface area contributed by atoms with Crippen molar-refractivity contribution in [1.82, 2.24) is 0 Å². The van der Waals surface area contributed by atoms with Gasteiger partial charge in [-0.05, 0) is 21.6 Å². The van der Waals surface area contributed by atoms with Gasteiger partial charge in [-0.1, -0.05) is 73.4 Å². The van der Waals surface area contributed by atoms with Crippen LogP contribution in [0.3, 0.4) is 0 Å². The lowest BCUT2D eigenvalue weighted by Crippen LogP contribution is -2.13. The molecule has 0 aliphatic rings. The summed E-state index contributed by atoms with van der Waals surface area (Å²) in [4.78, 5) is -2.33. The predicted octanol–water partition coefficient (Wildman–Crippen LogP) is 8.92. The number of thioether (sulfide) groups is 4. The van der Waals surface area contributed by atoms with E-state index in [2.05, 4.69) is 26.3 Å². The van der Waals surface area contributed by atoms with Gasteiger partial charge < -0.3 is 9.47 Å². The summed E-state index contributed by atoms with van der Waals surface area (Å²) in [6.45, 7) is 12.5. The molecule has 12 heteroatoms. The molecule has 182 valence electrons. The van der Waals surface area contributed by atoms with Gasteiger partial charge >= 0.3 is 0 Å². The Kier molecular flexibility index (Phi) is 10.9. The highest BCUT2D eigenvalue weighted by Gasteiger charge is 2.28. The van der Waals surface area contributed by atoms with E-state index >= 15 is 0 Å². The molecule has 0 saturated carbocycles. The van der Waals surface area contributed by atoms with E-state index in [1.165, 1.54) is 0 Å². The molecule has 0 amide bonds. The molecule has 0 radical (unpaired) electrons. The fourth-order valence-corrected chi connectivity index (χ4v) is 4.83. The van der Waals surface area contributed by atoms with Crippen molar-refractivity contribution in [3.63, 3.8) is 0 Å². The molecule has 2 aromatic carbocycles. The second kappa shape index (κ2) is 13.2. The van der Waals surface area contributed by atoms with E-state index in [1.807, 2.05) is 0 Å². The lowest BCUT2D eigenvalue weighted by molar-refractivity contribution is 0.193. The molecule has 0 atom stereocenters. The Bertz CT molecular complexity index is 1040. The molecular weight excluding hydrogens is 538 g/mol. The van der Waals surface area contributed by atoms with Crippen molar-refractivity contribution in [3.05, 3.63) is 82.9 Å². The van der Waals surface area contributed by atoms with Crippen molar-refractivity contribution in [1.29, 1.82) is 0 Å². The van der Waals surface area contributed by atoms with Crippen LogP contribution in [0.15, 0.2) is 67.5 Å². The Morgan fingerprint density at radius 2 is 0.735 bits per heavy atom. The first-order valence-electron chi connectivity index (χ1n) is 9.01. The van der Waals surface area contributed by atoms with Gasteiger partial charge in [-0.25, -0.2) is 26.3 Å². The minimum absolute atomic E-state index is 0.481. The van der Waals surface area contributed by atoms with Crippen LogP contribution in [0.25, 0.3) is 0 Å². The third kappa shape index (κ3) is 5.96. The van der Waals surface area contributed by atoms with Crippen molar-refractivity contribution in [2.45, 2.75) is 19.6 Å². The highest BCUT2D eigenvalue weighted by Crippen LogP contribution is 2.43. The van der Waals surface area contributed by atoms with Gasteiger partial charge in [0.25, 0.3) is 0 Å². The normalized spacial score (nSPS) is 10.6. The topological polar surface area (TPSA) is 18.5 Å². The molecule has 0 bridgehead atoms. The van der Waals surface area contributed by atoms with E-state index in [1.54, 1.807) is 0 Å². The van der Waals surface area contributed by atoms with Gasteiger partial charge in [0.2, 0.25) is 0 Å². The van der Waals surface area contributed by atoms with Crippen LogP contribution in [0, 0.1) is 34.9 Å². The van der Waals surface area contributed by atoms with E-state index in [-0.39, 0.29) is 0 Å². The van der Waals surface area contributed by atoms with Crippen LogP contribution in [0.4, 0.5) is 26.3 Å². The summed E-state index contributed by atoms with van der Waals surface area (Å²) in [5.74, 6) is -9.14. The third-order valence-corrected chi connectivity index (χ3v) is 6.83. The Hall–Kier alpha value is -2.02. The lowest BCUT2D eigenvalue weighted by Gasteiger charge is -2.17. The summed E-state index contributed by atoms with van der Waals surface area (Å²) >= 11 is 2.21. The van der Waals surface area contributed by atoms with Gasteiger partial charge in [-0.15, -0.1) is 0 Å². The molecule has 34 heavy (non-hydrogen) atoms. The quantitative estimate of drug-likeness (QED) is 0.106. The summed E-state index contributed by atoms with van der Waals surface area (Å²) in [5, 5.41) is 4.51. The number of hydrogen-bond acceptors (Lipinski definition) is 6. The number of benzene rings is 2. The lowest BCUT2D eigenvalue weighted by atomic mass is 10.3. The maximum atomic E-state index is 14.8. The molecule has 0 unspecified atom stereocenters. The fraction of sp³-hybridized carbons (Fsp3) is 0.0909. The molecule has 0 fully saturated rings. The van der Waals surface area contributed by atoms with Gasteiger partial charge in [0.05, 0.1) is 19.6 Å². The Morgan fingerprint density at radius 1 is 0.471 bits per heavy atom. The largest absolute Gasteiger partial charge is 0.486 e. The van der Waals surface area contributed by atoms with E-state index in [4.69, 9.17) is 9.47 Å². The van der Waals surface area contributed by atoms with Crippen molar-refractivity contribution in [3.8, 4) is 11.5 Å². The second-order valence-electron chi connectivity index (χ2n) is 5.69. The van der Waals surface area contributed by atoms with Crippen molar-refractivity contribution >= 4 is 47.0 Å². The maximum Gasteiger partial charge on any atom is 0.183 e. The van der Waals surface area contributed by atoms with Crippen LogP contribution < -0.4 is 9.47 Å². The molecule has 0 spiro atoms. The molecule has 0 aliphatic carbocycles. The molecule has 2 aromatic rings. The third-order valence-electron chi connectivity index (χ3n) is 3.77. The van der Waals surface area contributed by atoms with Crippen LogP contribution in [0.1, 0.15) is 0 Å². The van der Waals surface area contributed by atoms with Gasteiger partial charge in [0.1, 0.15) is 13.2 Å². The number of hydrogen-bond donors (Lipinski definition) is 0. The zero-order chi connectivity index (χ0) is 25.4. The minimum atomic E-state index is -1.42. The maximum absolute atomic E-state index is 14.8. The zero-order valence-electron chi connectivity index (χ0n) is 17.3. The molecule has 0 N–H and O–H groups in total. The van der Waals surface area contributed by atoms with Crippen molar-refractivity contribution in [2.24, 2.45) is 0 Å². The zero-order valence-corrected chi connectivity index (χ0v) is 20.5. The average Bonchev–Trinajstić information content (AvgIpc) is 2.82. The summed E-state index contributed by atoms with van der Waals surface area (Å²) < 4.78 is 97.6. The Labute approximate surface area is 209 Å². The molecule has 2 nitrogen and oxygen atoms in total. The van der Waals surface area contributed by atoms with E-state index in [0.29, 0.717) is 47.0 Å². The first-order chi connectivity index (χ1) is 16.2. The first kappa shape index (κ1) is 28.2. The molecule has 0 aliphatic heterocycles. The summed E-state index contributed by atoms with van der Waals surface area (Å²) in [7, 11) is 0. The second-order valence-corrected chi connectivity index (χ2v) is 9.60. The molecular formula is C22H16F6O2S4. The average molecular weight is 555 g/mol. The van der Waals surface area contributed by atoms with Crippen molar-refractivity contribution < 1.29 is 35.8 Å². The van der Waals surface area contributed by atoms with E-state index in [9.17, 15) is 26.3 Å². The first-order valence-corrected chi connectivity index (χ1v) is 12.5. The smallest absolute Gasteiger partial charge is 0.183 e. The van der Waals surface area contributed by atoms with Crippen LogP contribution in [-0.4, -0.2) is 13.2 Å². The summed E-state index contributed by atoms with van der Waals surface area (Å²) in [6.07, 6.45) is 0. The minimum Gasteiger partial charge on any atom is -0.486 e.